The Balaban J connectivity index is 1.93. The summed E-state index contributed by atoms with van der Waals surface area (Å²) >= 11 is 0. The van der Waals surface area contributed by atoms with E-state index in [-0.39, 0.29) is 36.3 Å². The van der Waals surface area contributed by atoms with Gasteiger partial charge in [-0.2, -0.15) is 5.01 Å². The van der Waals surface area contributed by atoms with E-state index in [1.807, 2.05) is 0 Å². The Bertz CT molecular complexity index is 986. The average Bonchev–Trinajstić information content (AvgIpc) is 3.04. The van der Waals surface area contributed by atoms with Gasteiger partial charge in [0.1, 0.15) is 0 Å². The van der Waals surface area contributed by atoms with Crippen LogP contribution in [0, 0.1) is 20.2 Å². The van der Waals surface area contributed by atoms with Crippen molar-refractivity contribution >= 4 is 29.1 Å². The van der Waals surface area contributed by atoms with Crippen molar-refractivity contribution in [3.63, 3.8) is 0 Å². The molecular weight excluding hydrogens is 384 g/mol. The van der Waals surface area contributed by atoms with Crippen LogP contribution in [0.25, 0.3) is 0 Å². The van der Waals surface area contributed by atoms with Crippen LogP contribution in [-0.4, -0.2) is 37.6 Å². The minimum Gasteiger partial charge on any atom is -0.273 e. The summed E-state index contributed by atoms with van der Waals surface area (Å²) in [6.45, 7) is -0.189. The van der Waals surface area contributed by atoms with Gasteiger partial charge in [0, 0.05) is 42.7 Å². The van der Waals surface area contributed by atoms with Crippen LogP contribution in [0.1, 0.15) is 28.8 Å². The van der Waals surface area contributed by atoms with Gasteiger partial charge in [0.15, 0.2) is 0 Å². The van der Waals surface area contributed by atoms with Crippen molar-refractivity contribution in [2.24, 2.45) is 0 Å². The number of non-ortho nitro benzene ring substituents is 2. The zero-order chi connectivity index (χ0) is 21.1. The molecule has 1 saturated heterocycles. The van der Waals surface area contributed by atoms with Crippen molar-refractivity contribution in [1.29, 1.82) is 0 Å². The summed E-state index contributed by atoms with van der Waals surface area (Å²) in [5.41, 5.74) is 0.149. The summed E-state index contributed by atoms with van der Waals surface area (Å²) in [6, 6.07) is 10.1. The third kappa shape index (κ3) is 4.08. The van der Waals surface area contributed by atoms with Gasteiger partial charge in [-0.1, -0.05) is 12.1 Å². The maximum absolute atomic E-state index is 13.0. The van der Waals surface area contributed by atoms with Crippen molar-refractivity contribution in [3.8, 4) is 0 Å². The molecule has 2 aromatic rings. The lowest BCUT2D eigenvalue weighted by Gasteiger charge is -2.30. The molecule has 0 spiro atoms. The maximum atomic E-state index is 13.0. The SMILES string of the molecule is O=C(c1ccc([N+](=O)[O-])cc1)N(Cc1ccc([N+](=O)[O-])cc1)N1C(=O)CCC1=O. The molecular formula is C18H14N4O7. The van der Waals surface area contributed by atoms with Crippen LogP contribution >= 0.6 is 0 Å². The molecule has 0 atom stereocenters. The molecule has 1 heterocycles. The number of hydrazine groups is 1. The molecule has 1 fully saturated rings. The van der Waals surface area contributed by atoms with E-state index in [9.17, 15) is 34.6 Å². The van der Waals surface area contributed by atoms with E-state index >= 15 is 0 Å². The minimum absolute atomic E-state index is 0.0386. The molecule has 2 aromatic carbocycles. The minimum atomic E-state index is -0.707. The molecule has 29 heavy (non-hydrogen) atoms. The van der Waals surface area contributed by atoms with Crippen LogP contribution in [0.15, 0.2) is 48.5 Å². The topological polar surface area (TPSA) is 144 Å². The van der Waals surface area contributed by atoms with E-state index in [0.717, 1.165) is 22.2 Å². The molecule has 0 bridgehead atoms. The van der Waals surface area contributed by atoms with E-state index < -0.39 is 27.6 Å². The van der Waals surface area contributed by atoms with Gasteiger partial charge in [0.2, 0.25) is 11.8 Å². The van der Waals surface area contributed by atoms with Gasteiger partial charge >= 0.3 is 0 Å². The Morgan fingerprint density at radius 3 is 1.76 bits per heavy atom. The summed E-state index contributed by atoms with van der Waals surface area (Å²) in [5.74, 6) is -1.80. The highest BCUT2D eigenvalue weighted by Crippen LogP contribution is 2.22. The number of hydrogen-bond donors (Lipinski definition) is 0. The summed E-state index contributed by atoms with van der Waals surface area (Å²) in [6.07, 6.45) is -0.0771. The fourth-order valence-corrected chi connectivity index (χ4v) is 2.84. The predicted molar refractivity (Wildman–Crippen MR) is 97.2 cm³/mol. The highest BCUT2D eigenvalue weighted by atomic mass is 16.6. The molecule has 11 heteroatoms. The lowest BCUT2D eigenvalue weighted by Crippen LogP contribution is -2.48. The maximum Gasteiger partial charge on any atom is 0.273 e. The van der Waals surface area contributed by atoms with E-state index in [1.165, 1.54) is 36.4 Å². The first-order valence-electron chi connectivity index (χ1n) is 8.43. The van der Waals surface area contributed by atoms with Gasteiger partial charge in [-0.3, -0.25) is 34.6 Å². The Kier molecular flexibility index (Phi) is 5.30. The standard InChI is InChI=1S/C18H14N4O7/c23-16-9-10-17(24)20(16)19(11-12-1-5-14(6-2-12)21(26)27)18(25)13-3-7-15(8-4-13)22(28)29/h1-8H,9-11H2. The van der Waals surface area contributed by atoms with E-state index in [2.05, 4.69) is 0 Å². The number of imide groups is 1. The normalized spacial score (nSPS) is 13.4. The van der Waals surface area contributed by atoms with E-state index in [1.54, 1.807) is 0 Å². The third-order valence-corrected chi connectivity index (χ3v) is 4.31. The van der Waals surface area contributed by atoms with Gasteiger partial charge in [-0.25, -0.2) is 5.01 Å². The molecule has 1 aliphatic rings. The van der Waals surface area contributed by atoms with Crippen molar-refractivity contribution in [3.05, 3.63) is 79.9 Å². The highest BCUT2D eigenvalue weighted by Gasteiger charge is 2.37. The predicted octanol–water partition coefficient (Wildman–Crippen LogP) is 2.21. The number of carbonyl (C=O) groups is 3. The summed E-state index contributed by atoms with van der Waals surface area (Å²) in [7, 11) is 0. The molecule has 0 aromatic heterocycles. The molecule has 0 unspecified atom stereocenters. The molecule has 0 aliphatic carbocycles. The average molecular weight is 398 g/mol. The van der Waals surface area contributed by atoms with E-state index in [4.69, 9.17) is 0 Å². The number of carbonyl (C=O) groups excluding carboxylic acids is 3. The number of nitro groups is 2. The summed E-state index contributed by atoms with van der Waals surface area (Å²) in [5, 5.41) is 23.3. The van der Waals surface area contributed by atoms with Crippen LogP contribution in [0.5, 0.6) is 0 Å². The Morgan fingerprint density at radius 2 is 1.31 bits per heavy atom. The smallest absolute Gasteiger partial charge is 0.273 e. The molecule has 1 aliphatic heterocycles. The number of nitro benzene ring substituents is 2. The zero-order valence-corrected chi connectivity index (χ0v) is 14.9. The van der Waals surface area contributed by atoms with Gasteiger partial charge in [-0.15, -0.1) is 0 Å². The second-order valence-electron chi connectivity index (χ2n) is 6.19. The summed E-state index contributed by atoms with van der Waals surface area (Å²) < 4.78 is 0. The molecule has 3 amide bonds. The number of hydrogen-bond acceptors (Lipinski definition) is 7. The Morgan fingerprint density at radius 1 is 0.862 bits per heavy atom. The van der Waals surface area contributed by atoms with Crippen LogP contribution in [0.3, 0.4) is 0 Å². The lowest BCUT2D eigenvalue weighted by molar-refractivity contribution is -0.385. The van der Waals surface area contributed by atoms with Crippen molar-refractivity contribution < 1.29 is 24.2 Å². The Labute approximate surface area is 163 Å². The number of benzene rings is 2. The first-order valence-corrected chi connectivity index (χ1v) is 8.43. The van der Waals surface area contributed by atoms with E-state index in [0.29, 0.717) is 5.56 Å². The van der Waals surface area contributed by atoms with Gasteiger partial charge in [0.25, 0.3) is 17.3 Å². The van der Waals surface area contributed by atoms with Crippen LogP contribution in [-0.2, 0) is 16.1 Å². The van der Waals surface area contributed by atoms with Gasteiger partial charge in [-0.05, 0) is 17.7 Å². The first-order chi connectivity index (χ1) is 13.8. The molecule has 11 nitrogen and oxygen atoms in total. The molecule has 148 valence electrons. The fraction of sp³-hybridized carbons (Fsp3) is 0.167. The second-order valence-corrected chi connectivity index (χ2v) is 6.19. The zero-order valence-electron chi connectivity index (χ0n) is 14.9. The monoisotopic (exact) mass is 398 g/mol. The molecule has 3 rings (SSSR count). The quantitative estimate of drug-likeness (QED) is 0.412. The molecule has 0 saturated carbocycles. The first kappa shape index (κ1) is 19.6. The second kappa shape index (κ2) is 7.84. The molecule has 0 N–H and O–H groups in total. The Hall–Kier alpha value is -4.15. The van der Waals surface area contributed by atoms with Crippen LogP contribution < -0.4 is 0 Å². The fourth-order valence-electron chi connectivity index (χ4n) is 2.84. The number of nitrogens with zero attached hydrogens (tertiary/aromatic N) is 4. The molecule has 0 radical (unpaired) electrons. The van der Waals surface area contributed by atoms with Crippen molar-refractivity contribution in [2.45, 2.75) is 19.4 Å². The largest absolute Gasteiger partial charge is 0.273 e. The van der Waals surface area contributed by atoms with Crippen molar-refractivity contribution in [1.82, 2.24) is 10.0 Å². The highest BCUT2D eigenvalue weighted by molar-refractivity contribution is 6.05. The van der Waals surface area contributed by atoms with Crippen molar-refractivity contribution in [2.75, 3.05) is 0 Å². The third-order valence-electron chi connectivity index (χ3n) is 4.31. The van der Waals surface area contributed by atoms with Crippen LogP contribution in [0.2, 0.25) is 0 Å². The number of amides is 3. The number of rotatable bonds is 6. The lowest BCUT2D eigenvalue weighted by atomic mass is 10.1. The van der Waals surface area contributed by atoms with Gasteiger partial charge in [0.05, 0.1) is 16.4 Å². The van der Waals surface area contributed by atoms with Crippen LogP contribution in [0.4, 0.5) is 11.4 Å². The van der Waals surface area contributed by atoms with Gasteiger partial charge < -0.3 is 0 Å². The summed E-state index contributed by atoms with van der Waals surface area (Å²) in [4.78, 5) is 57.7.